The van der Waals surface area contributed by atoms with E-state index in [4.69, 9.17) is 19.3 Å². The van der Waals surface area contributed by atoms with Crippen LogP contribution in [-0.4, -0.2) is 20.9 Å². The average molecular weight is 547 g/mol. The zero-order valence-electron chi connectivity index (χ0n) is 22.4. The van der Waals surface area contributed by atoms with Gasteiger partial charge in [-0.2, -0.15) is 0 Å². The van der Waals surface area contributed by atoms with Crippen LogP contribution in [0.15, 0.2) is 121 Å². The van der Waals surface area contributed by atoms with Crippen LogP contribution in [0, 0.1) is 0 Å². The van der Waals surface area contributed by atoms with Crippen LogP contribution in [0.25, 0.3) is 6.08 Å². The van der Waals surface area contributed by atoms with Crippen molar-refractivity contribution in [3.8, 4) is 17.4 Å². The normalized spacial score (nSPS) is 10.9. The summed E-state index contributed by atoms with van der Waals surface area (Å²) in [6.07, 6.45) is 4.34. The minimum absolute atomic E-state index is 0.275. The molecule has 206 valence electrons. The highest BCUT2D eigenvalue weighted by Crippen LogP contribution is 2.22. The minimum Gasteiger partial charge on any atom is -0.489 e. The maximum Gasteiger partial charge on any atom is 0.328 e. The molecule has 0 spiro atoms. The van der Waals surface area contributed by atoms with E-state index in [2.05, 4.69) is 5.10 Å². The number of carboxylic acids is 1. The lowest BCUT2D eigenvalue weighted by Crippen LogP contribution is -2.02. The van der Waals surface area contributed by atoms with Crippen molar-refractivity contribution in [3.63, 3.8) is 0 Å². The van der Waals surface area contributed by atoms with Gasteiger partial charge in [0.2, 0.25) is 5.88 Å². The van der Waals surface area contributed by atoms with Crippen molar-refractivity contribution in [1.82, 2.24) is 9.78 Å². The van der Waals surface area contributed by atoms with Crippen molar-refractivity contribution < 1.29 is 24.1 Å². The first-order valence-corrected chi connectivity index (χ1v) is 13.2. The Morgan fingerprint density at radius 2 is 1.15 bits per heavy atom. The topological polar surface area (TPSA) is 82.8 Å². The quantitative estimate of drug-likeness (QED) is 0.164. The summed E-state index contributed by atoms with van der Waals surface area (Å²) < 4.78 is 19.5. The second kappa shape index (κ2) is 13.7. The largest absolute Gasteiger partial charge is 0.489 e. The van der Waals surface area contributed by atoms with Crippen molar-refractivity contribution in [2.75, 3.05) is 0 Å². The number of ether oxygens (including phenoxy) is 3. The Balaban J connectivity index is 1.19. The number of hydrogen-bond donors (Lipinski definition) is 1. The standard InChI is InChI=1S/C34H30N2O5/c37-33(38)20-15-30-22-36(21-26-11-16-31(17-12-26)39-23-27-7-3-1-4-8-27)35-34(30)41-25-29-13-18-32(19-14-29)40-24-28-9-5-2-6-10-28/h1-20,22H,21,23-25H2,(H,37,38). The first kappa shape index (κ1) is 27.3. The van der Waals surface area contributed by atoms with E-state index in [0.29, 0.717) is 31.2 Å². The number of benzene rings is 4. The van der Waals surface area contributed by atoms with Crippen LogP contribution in [-0.2, 0) is 31.2 Å². The molecule has 0 bridgehead atoms. The highest BCUT2D eigenvalue weighted by molar-refractivity contribution is 5.85. The van der Waals surface area contributed by atoms with Gasteiger partial charge in [-0.15, -0.1) is 5.10 Å². The fourth-order valence-electron chi connectivity index (χ4n) is 4.08. The van der Waals surface area contributed by atoms with Crippen LogP contribution in [0.4, 0.5) is 0 Å². The number of carbonyl (C=O) groups is 1. The molecule has 7 heteroatoms. The summed E-state index contributed by atoms with van der Waals surface area (Å²) in [5, 5.41) is 13.7. The van der Waals surface area contributed by atoms with Gasteiger partial charge in [-0.3, -0.25) is 4.68 Å². The van der Waals surface area contributed by atoms with E-state index in [1.54, 1.807) is 10.9 Å². The molecule has 0 aliphatic heterocycles. The fraction of sp³-hybridized carbons (Fsp3) is 0.118. The summed E-state index contributed by atoms with van der Waals surface area (Å²) in [4.78, 5) is 11.1. The first-order valence-electron chi connectivity index (χ1n) is 13.2. The molecule has 0 saturated heterocycles. The number of rotatable bonds is 13. The number of nitrogens with zero attached hydrogens (tertiary/aromatic N) is 2. The van der Waals surface area contributed by atoms with E-state index in [0.717, 1.165) is 39.8 Å². The maximum atomic E-state index is 11.1. The van der Waals surface area contributed by atoms with Gasteiger partial charge in [0.25, 0.3) is 0 Å². The molecule has 4 aromatic carbocycles. The van der Waals surface area contributed by atoms with Crippen molar-refractivity contribution in [2.45, 2.75) is 26.4 Å². The highest BCUT2D eigenvalue weighted by atomic mass is 16.5. The van der Waals surface area contributed by atoms with Crippen LogP contribution >= 0.6 is 0 Å². The average Bonchev–Trinajstić information content (AvgIpc) is 3.40. The molecule has 0 unspecified atom stereocenters. The lowest BCUT2D eigenvalue weighted by Gasteiger charge is -2.08. The molecular weight excluding hydrogens is 516 g/mol. The second-order valence-corrected chi connectivity index (χ2v) is 9.38. The van der Waals surface area contributed by atoms with E-state index in [1.807, 2.05) is 109 Å². The Labute approximate surface area is 238 Å². The number of aromatic nitrogens is 2. The highest BCUT2D eigenvalue weighted by Gasteiger charge is 2.10. The smallest absolute Gasteiger partial charge is 0.328 e. The predicted octanol–water partition coefficient (Wildman–Crippen LogP) is 6.77. The molecule has 5 rings (SSSR count). The molecule has 0 amide bonds. The lowest BCUT2D eigenvalue weighted by molar-refractivity contribution is -0.131. The summed E-state index contributed by atoms with van der Waals surface area (Å²) in [7, 11) is 0. The van der Waals surface area contributed by atoms with Crippen molar-refractivity contribution in [1.29, 1.82) is 0 Å². The molecule has 7 nitrogen and oxygen atoms in total. The monoisotopic (exact) mass is 546 g/mol. The molecule has 1 heterocycles. The zero-order chi connectivity index (χ0) is 28.3. The van der Waals surface area contributed by atoms with Gasteiger partial charge in [0.05, 0.1) is 12.1 Å². The predicted molar refractivity (Wildman–Crippen MR) is 157 cm³/mol. The van der Waals surface area contributed by atoms with Gasteiger partial charge in [0.15, 0.2) is 0 Å². The summed E-state index contributed by atoms with van der Waals surface area (Å²) in [6, 6.07) is 35.5. The summed E-state index contributed by atoms with van der Waals surface area (Å²) >= 11 is 0. The number of hydrogen-bond acceptors (Lipinski definition) is 5. The Bertz CT molecular complexity index is 1560. The van der Waals surface area contributed by atoms with Crippen molar-refractivity contribution in [3.05, 3.63) is 149 Å². The van der Waals surface area contributed by atoms with E-state index in [-0.39, 0.29) is 6.61 Å². The molecule has 41 heavy (non-hydrogen) atoms. The molecule has 5 aromatic rings. The van der Waals surface area contributed by atoms with Crippen LogP contribution < -0.4 is 14.2 Å². The van der Waals surface area contributed by atoms with E-state index >= 15 is 0 Å². The number of carboxylic acid groups (broad SMARTS) is 1. The summed E-state index contributed by atoms with van der Waals surface area (Å²) in [5.74, 6) is 0.864. The van der Waals surface area contributed by atoms with Crippen LogP contribution in [0.2, 0.25) is 0 Å². The third-order valence-corrected chi connectivity index (χ3v) is 6.22. The van der Waals surface area contributed by atoms with Gasteiger partial charge >= 0.3 is 5.97 Å². The zero-order valence-corrected chi connectivity index (χ0v) is 22.4. The SMILES string of the molecule is O=C(O)C=Cc1cn(Cc2ccc(OCc3ccccc3)cc2)nc1OCc1ccc(OCc2ccccc2)cc1. The Kier molecular flexibility index (Phi) is 9.09. The van der Waals surface area contributed by atoms with Crippen LogP contribution in [0.3, 0.4) is 0 Å². The second-order valence-electron chi connectivity index (χ2n) is 9.38. The summed E-state index contributed by atoms with van der Waals surface area (Å²) in [6.45, 7) is 1.76. The first-order chi connectivity index (χ1) is 20.1. The molecular formula is C34H30N2O5. The number of aliphatic carboxylic acids is 1. The minimum atomic E-state index is -1.04. The van der Waals surface area contributed by atoms with Gasteiger partial charge < -0.3 is 19.3 Å². The lowest BCUT2D eigenvalue weighted by atomic mass is 10.2. The molecule has 0 atom stereocenters. The van der Waals surface area contributed by atoms with E-state index < -0.39 is 5.97 Å². The molecule has 0 radical (unpaired) electrons. The molecule has 0 fully saturated rings. The summed E-state index contributed by atoms with van der Waals surface area (Å²) in [5.41, 5.74) is 4.74. The molecule has 1 aromatic heterocycles. The van der Waals surface area contributed by atoms with Crippen molar-refractivity contribution in [2.24, 2.45) is 0 Å². The van der Waals surface area contributed by atoms with E-state index in [9.17, 15) is 4.79 Å². The molecule has 0 aliphatic rings. The molecule has 0 aliphatic carbocycles. The third-order valence-electron chi connectivity index (χ3n) is 6.22. The molecule has 0 saturated carbocycles. The van der Waals surface area contributed by atoms with Crippen LogP contribution in [0.1, 0.15) is 27.8 Å². The molecule has 1 N–H and O–H groups in total. The fourth-order valence-corrected chi connectivity index (χ4v) is 4.08. The Morgan fingerprint density at radius 1 is 0.659 bits per heavy atom. The maximum absolute atomic E-state index is 11.1. The van der Waals surface area contributed by atoms with Gasteiger partial charge in [-0.1, -0.05) is 84.9 Å². The van der Waals surface area contributed by atoms with Gasteiger partial charge in [-0.25, -0.2) is 4.79 Å². The van der Waals surface area contributed by atoms with Gasteiger partial charge in [0, 0.05) is 12.3 Å². The third kappa shape index (κ3) is 8.34. The van der Waals surface area contributed by atoms with Gasteiger partial charge in [-0.05, 0) is 52.6 Å². The van der Waals surface area contributed by atoms with Crippen molar-refractivity contribution >= 4 is 12.0 Å². The van der Waals surface area contributed by atoms with Crippen LogP contribution in [0.5, 0.6) is 17.4 Å². The Morgan fingerprint density at radius 3 is 1.68 bits per heavy atom. The Hall–Kier alpha value is -5.30. The van der Waals surface area contributed by atoms with E-state index in [1.165, 1.54) is 6.08 Å². The van der Waals surface area contributed by atoms with Gasteiger partial charge in [0.1, 0.15) is 31.3 Å².